The Morgan fingerprint density at radius 3 is 2.90 bits per heavy atom. The van der Waals surface area contributed by atoms with Gasteiger partial charge in [0.05, 0.1) is 11.7 Å². The van der Waals surface area contributed by atoms with Crippen molar-refractivity contribution in [1.82, 2.24) is 4.98 Å². The molecule has 1 aromatic heterocycles. The molecule has 1 aliphatic heterocycles. The van der Waals surface area contributed by atoms with Crippen LogP contribution in [0.1, 0.15) is 23.2 Å². The third kappa shape index (κ3) is 2.44. The minimum absolute atomic E-state index is 0.217. The average Bonchev–Trinajstić information content (AvgIpc) is 2.97. The van der Waals surface area contributed by atoms with Gasteiger partial charge >= 0.3 is 5.97 Å². The molecule has 0 amide bonds. The Morgan fingerprint density at radius 2 is 2.20 bits per heavy atom. The molecule has 0 spiro atoms. The Kier molecular flexibility index (Phi) is 3.52. The second-order valence-corrected chi connectivity index (χ2v) is 4.89. The van der Waals surface area contributed by atoms with Crippen LogP contribution in [0.4, 0.5) is 5.82 Å². The molecular weight excluding hydrogens is 256 g/mol. The largest absolute Gasteiger partial charge is 0.478 e. The van der Waals surface area contributed by atoms with Crippen LogP contribution in [0.2, 0.25) is 0 Å². The number of hydrogen-bond acceptors (Lipinski definition) is 4. The topological polar surface area (TPSA) is 71.5 Å². The maximum Gasteiger partial charge on any atom is 0.337 e. The number of carbonyl (C=O) groups is 1. The molecule has 2 heterocycles. The Balaban J connectivity index is 1.91. The summed E-state index contributed by atoms with van der Waals surface area (Å²) in [5.74, 6) is -0.250. The fourth-order valence-electron chi connectivity index (χ4n) is 2.52. The average molecular weight is 272 g/mol. The van der Waals surface area contributed by atoms with E-state index in [1.54, 1.807) is 6.07 Å². The highest BCUT2D eigenvalue weighted by Crippen LogP contribution is 2.25. The van der Waals surface area contributed by atoms with E-state index in [1.807, 2.05) is 18.2 Å². The van der Waals surface area contributed by atoms with Crippen molar-refractivity contribution in [2.75, 3.05) is 18.5 Å². The van der Waals surface area contributed by atoms with Crippen LogP contribution in [0.5, 0.6) is 0 Å². The van der Waals surface area contributed by atoms with Crippen molar-refractivity contribution in [1.29, 1.82) is 0 Å². The number of carboxylic acid groups (broad SMARTS) is 1. The molecule has 0 aliphatic carbocycles. The monoisotopic (exact) mass is 272 g/mol. The van der Waals surface area contributed by atoms with Gasteiger partial charge in [0, 0.05) is 30.1 Å². The Bertz CT molecular complexity index is 636. The summed E-state index contributed by atoms with van der Waals surface area (Å²) in [5, 5.41) is 14.0. The van der Waals surface area contributed by atoms with Gasteiger partial charge in [-0.3, -0.25) is 0 Å². The molecule has 0 radical (unpaired) electrons. The lowest BCUT2D eigenvalue weighted by atomic mass is 10.1. The molecule has 3 rings (SSSR count). The normalized spacial score (nSPS) is 18.3. The van der Waals surface area contributed by atoms with Crippen molar-refractivity contribution in [3.8, 4) is 0 Å². The summed E-state index contributed by atoms with van der Waals surface area (Å²) in [4.78, 5) is 15.5. The maximum atomic E-state index is 11.2. The van der Waals surface area contributed by atoms with Gasteiger partial charge in [0.2, 0.25) is 0 Å². The Morgan fingerprint density at radius 1 is 1.40 bits per heavy atom. The van der Waals surface area contributed by atoms with E-state index in [1.165, 1.54) is 6.20 Å². The second kappa shape index (κ2) is 5.46. The Hall–Kier alpha value is -2.14. The van der Waals surface area contributed by atoms with E-state index in [0.717, 1.165) is 24.8 Å². The van der Waals surface area contributed by atoms with Crippen molar-refractivity contribution in [2.45, 2.75) is 18.9 Å². The zero-order valence-corrected chi connectivity index (χ0v) is 11.0. The number of rotatable bonds is 4. The molecule has 2 aromatic rings. The molecule has 20 heavy (non-hydrogen) atoms. The van der Waals surface area contributed by atoms with Crippen LogP contribution in [-0.2, 0) is 4.74 Å². The molecule has 1 aliphatic rings. The van der Waals surface area contributed by atoms with Crippen LogP contribution in [0.15, 0.2) is 30.5 Å². The van der Waals surface area contributed by atoms with E-state index in [-0.39, 0.29) is 11.7 Å². The number of nitrogens with one attached hydrogen (secondary N) is 1. The summed E-state index contributed by atoms with van der Waals surface area (Å²) in [6.45, 7) is 1.52. The number of ether oxygens (including phenoxy) is 1. The van der Waals surface area contributed by atoms with Gasteiger partial charge in [-0.25, -0.2) is 9.78 Å². The molecule has 2 N–H and O–H groups in total. The lowest BCUT2D eigenvalue weighted by Gasteiger charge is -2.13. The second-order valence-electron chi connectivity index (χ2n) is 4.89. The molecule has 1 unspecified atom stereocenters. The molecule has 104 valence electrons. The lowest BCUT2D eigenvalue weighted by molar-refractivity contribution is 0.0698. The molecule has 1 aromatic carbocycles. The van der Waals surface area contributed by atoms with E-state index in [4.69, 9.17) is 4.74 Å². The quantitative estimate of drug-likeness (QED) is 0.894. The van der Waals surface area contributed by atoms with E-state index in [2.05, 4.69) is 10.3 Å². The summed E-state index contributed by atoms with van der Waals surface area (Å²) in [6.07, 6.45) is 3.77. The summed E-state index contributed by atoms with van der Waals surface area (Å²) >= 11 is 0. The maximum absolute atomic E-state index is 11.2. The predicted octanol–water partition coefficient (Wildman–Crippen LogP) is 2.52. The van der Waals surface area contributed by atoms with Crippen molar-refractivity contribution < 1.29 is 14.6 Å². The third-order valence-corrected chi connectivity index (χ3v) is 3.55. The van der Waals surface area contributed by atoms with Gasteiger partial charge in [-0.2, -0.15) is 0 Å². The van der Waals surface area contributed by atoms with Crippen LogP contribution in [0, 0.1) is 0 Å². The fraction of sp³-hybridized carbons (Fsp3) is 0.333. The van der Waals surface area contributed by atoms with E-state index in [9.17, 15) is 9.90 Å². The van der Waals surface area contributed by atoms with Crippen LogP contribution in [0.25, 0.3) is 10.8 Å². The zero-order valence-electron chi connectivity index (χ0n) is 11.0. The molecule has 1 saturated heterocycles. The van der Waals surface area contributed by atoms with Crippen molar-refractivity contribution in [3.05, 3.63) is 36.0 Å². The van der Waals surface area contributed by atoms with Crippen LogP contribution in [0.3, 0.4) is 0 Å². The highest BCUT2D eigenvalue weighted by atomic mass is 16.5. The minimum Gasteiger partial charge on any atom is -0.478 e. The highest BCUT2D eigenvalue weighted by Gasteiger charge is 2.17. The first-order chi connectivity index (χ1) is 9.75. The lowest BCUT2D eigenvalue weighted by Crippen LogP contribution is -2.19. The third-order valence-electron chi connectivity index (χ3n) is 3.55. The van der Waals surface area contributed by atoms with Crippen molar-refractivity contribution in [2.24, 2.45) is 0 Å². The molecule has 5 nitrogen and oxygen atoms in total. The Labute approximate surface area is 116 Å². The first-order valence-electron chi connectivity index (χ1n) is 6.72. The first-order valence-corrected chi connectivity index (χ1v) is 6.72. The number of pyridine rings is 1. The van der Waals surface area contributed by atoms with Gasteiger partial charge in [-0.05, 0) is 12.8 Å². The van der Waals surface area contributed by atoms with Crippen molar-refractivity contribution >= 4 is 22.6 Å². The summed E-state index contributed by atoms with van der Waals surface area (Å²) < 4.78 is 5.56. The van der Waals surface area contributed by atoms with E-state index >= 15 is 0 Å². The zero-order chi connectivity index (χ0) is 13.9. The molecular formula is C15H16N2O3. The minimum atomic E-state index is -0.959. The number of anilines is 1. The van der Waals surface area contributed by atoms with Gasteiger partial charge < -0.3 is 15.2 Å². The predicted molar refractivity (Wildman–Crippen MR) is 76.2 cm³/mol. The molecule has 0 saturated carbocycles. The molecule has 0 bridgehead atoms. The van der Waals surface area contributed by atoms with Crippen molar-refractivity contribution in [3.63, 3.8) is 0 Å². The number of aromatic carboxylic acids is 1. The van der Waals surface area contributed by atoms with Crippen LogP contribution in [-0.4, -0.2) is 35.3 Å². The van der Waals surface area contributed by atoms with E-state index < -0.39 is 5.97 Å². The summed E-state index contributed by atoms with van der Waals surface area (Å²) in [5.41, 5.74) is 0.225. The summed E-state index contributed by atoms with van der Waals surface area (Å²) in [7, 11) is 0. The summed E-state index contributed by atoms with van der Waals surface area (Å²) in [6, 6.07) is 7.40. The SMILES string of the molecule is O=C(O)c1cnc(NCC2CCCO2)c2ccccc12. The molecule has 1 fully saturated rings. The standard InChI is InChI=1S/C15H16N2O3/c18-15(19)13-9-17-14(12-6-2-1-5-11(12)13)16-8-10-4-3-7-20-10/h1-2,5-6,9-10H,3-4,7-8H2,(H,16,17)(H,18,19). The van der Waals surface area contributed by atoms with Crippen LogP contribution < -0.4 is 5.32 Å². The van der Waals surface area contributed by atoms with Gasteiger partial charge in [0.1, 0.15) is 5.82 Å². The number of fused-ring (bicyclic) bond motifs is 1. The van der Waals surface area contributed by atoms with Gasteiger partial charge in [-0.15, -0.1) is 0 Å². The molecule has 1 atom stereocenters. The first kappa shape index (κ1) is 12.9. The van der Waals surface area contributed by atoms with Crippen LogP contribution >= 0.6 is 0 Å². The smallest absolute Gasteiger partial charge is 0.337 e. The van der Waals surface area contributed by atoms with Gasteiger partial charge in [0.15, 0.2) is 0 Å². The van der Waals surface area contributed by atoms with E-state index in [0.29, 0.717) is 17.7 Å². The number of carboxylic acids is 1. The molecule has 5 heteroatoms. The number of benzene rings is 1. The number of nitrogens with zero attached hydrogens (tertiary/aromatic N) is 1. The van der Waals surface area contributed by atoms with Gasteiger partial charge in [-0.1, -0.05) is 24.3 Å². The van der Waals surface area contributed by atoms with Gasteiger partial charge in [0.25, 0.3) is 0 Å². The number of hydrogen-bond donors (Lipinski definition) is 2. The fourth-order valence-corrected chi connectivity index (χ4v) is 2.52. The number of aromatic nitrogens is 1. The highest BCUT2D eigenvalue weighted by molar-refractivity contribution is 6.06.